The minimum Gasteiger partial charge on any atom is -0.371 e. The highest BCUT2D eigenvalue weighted by atomic mass is 16.5. The molecular weight excluding hydrogens is 328 g/mol. The minimum absolute atomic E-state index is 0.0545. The Morgan fingerprint density at radius 3 is 2.73 bits per heavy atom. The number of rotatable bonds is 7. The van der Waals surface area contributed by atoms with Crippen molar-refractivity contribution in [1.29, 1.82) is 5.26 Å². The number of aromatic nitrogens is 1. The van der Waals surface area contributed by atoms with Gasteiger partial charge >= 0.3 is 0 Å². The fourth-order valence-electron chi connectivity index (χ4n) is 3.44. The van der Waals surface area contributed by atoms with E-state index < -0.39 is 5.91 Å². The summed E-state index contributed by atoms with van der Waals surface area (Å²) in [5.41, 5.74) is 8.05. The minimum atomic E-state index is -0.452. The van der Waals surface area contributed by atoms with Gasteiger partial charge in [0.1, 0.15) is 6.61 Å². The van der Waals surface area contributed by atoms with Crippen LogP contribution in [0, 0.1) is 17.2 Å². The summed E-state index contributed by atoms with van der Waals surface area (Å²) in [5.74, 6) is 0.0527. The summed E-state index contributed by atoms with van der Waals surface area (Å²) < 4.78 is 5.49. The third-order valence-electron chi connectivity index (χ3n) is 4.65. The molecule has 0 spiro atoms. The number of nitrogens with zero attached hydrogens (tertiary/aromatic N) is 3. The van der Waals surface area contributed by atoms with Crippen LogP contribution in [0.5, 0.6) is 0 Å². The van der Waals surface area contributed by atoms with Crippen LogP contribution in [0.4, 0.5) is 0 Å². The first-order chi connectivity index (χ1) is 12.7. The van der Waals surface area contributed by atoms with E-state index in [2.05, 4.69) is 16.0 Å². The number of nitriles is 1. The Morgan fingerprint density at radius 1 is 1.27 bits per heavy atom. The fourth-order valence-corrected chi connectivity index (χ4v) is 3.44. The van der Waals surface area contributed by atoms with Gasteiger partial charge in [-0.1, -0.05) is 18.2 Å². The monoisotopic (exact) mass is 350 g/mol. The Hall–Kier alpha value is -2.75. The van der Waals surface area contributed by atoms with Gasteiger partial charge in [0.05, 0.1) is 18.2 Å². The molecule has 2 heterocycles. The average Bonchev–Trinajstić information content (AvgIpc) is 3.05. The first-order valence-corrected chi connectivity index (χ1v) is 8.64. The number of ether oxygens (including phenoxy) is 1. The van der Waals surface area contributed by atoms with Crippen LogP contribution >= 0.6 is 0 Å². The highest BCUT2D eigenvalue weighted by Crippen LogP contribution is 2.32. The van der Waals surface area contributed by atoms with E-state index in [1.165, 1.54) is 5.56 Å². The Balaban J connectivity index is 1.68. The third kappa shape index (κ3) is 4.66. The topological polar surface area (TPSA) is 92.2 Å². The van der Waals surface area contributed by atoms with Gasteiger partial charge in [-0.05, 0) is 29.8 Å². The number of primary amides is 1. The first kappa shape index (κ1) is 18.1. The van der Waals surface area contributed by atoms with Gasteiger partial charge in [0, 0.05) is 43.4 Å². The summed E-state index contributed by atoms with van der Waals surface area (Å²) in [4.78, 5) is 17.8. The maximum Gasteiger partial charge on any atom is 0.243 e. The molecule has 0 radical (unpaired) electrons. The summed E-state index contributed by atoms with van der Waals surface area (Å²) in [6.45, 7) is 2.97. The van der Waals surface area contributed by atoms with Crippen molar-refractivity contribution >= 4 is 5.91 Å². The predicted octanol–water partition coefficient (Wildman–Crippen LogP) is 1.67. The van der Waals surface area contributed by atoms with Crippen LogP contribution in [-0.2, 0) is 16.1 Å². The zero-order chi connectivity index (χ0) is 18.4. The molecule has 1 amide bonds. The van der Waals surface area contributed by atoms with Crippen LogP contribution < -0.4 is 5.73 Å². The first-order valence-electron chi connectivity index (χ1n) is 8.64. The Morgan fingerprint density at radius 2 is 2.08 bits per heavy atom. The van der Waals surface area contributed by atoms with Crippen LogP contribution in [0.25, 0.3) is 0 Å². The summed E-state index contributed by atoms with van der Waals surface area (Å²) in [6.07, 6.45) is 1.81. The van der Waals surface area contributed by atoms with Gasteiger partial charge in [0.25, 0.3) is 0 Å². The lowest BCUT2D eigenvalue weighted by molar-refractivity contribution is -0.122. The number of hydrogen-bond acceptors (Lipinski definition) is 5. The molecule has 6 nitrogen and oxygen atoms in total. The van der Waals surface area contributed by atoms with Crippen LogP contribution in [-0.4, -0.2) is 42.1 Å². The van der Waals surface area contributed by atoms with Gasteiger partial charge in [-0.25, -0.2) is 0 Å². The second kappa shape index (κ2) is 8.56. The molecule has 1 fully saturated rings. The van der Waals surface area contributed by atoms with Gasteiger partial charge < -0.3 is 10.5 Å². The number of carbonyl (C=O) groups is 1. The lowest BCUT2D eigenvalue weighted by Gasteiger charge is -2.17. The maximum atomic E-state index is 10.9. The van der Waals surface area contributed by atoms with Crippen LogP contribution in [0.3, 0.4) is 0 Å². The lowest BCUT2D eigenvalue weighted by Crippen LogP contribution is -2.24. The Labute approximate surface area is 153 Å². The number of pyridine rings is 1. The van der Waals surface area contributed by atoms with Crippen molar-refractivity contribution in [3.8, 4) is 6.07 Å². The molecule has 1 saturated heterocycles. The van der Waals surface area contributed by atoms with Crippen LogP contribution in [0.2, 0.25) is 0 Å². The molecular formula is C20H22N4O2. The van der Waals surface area contributed by atoms with Crippen molar-refractivity contribution in [2.45, 2.75) is 12.5 Å². The van der Waals surface area contributed by atoms with E-state index in [-0.39, 0.29) is 18.4 Å². The highest BCUT2D eigenvalue weighted by molar-refractivity contribution is 5.74. The molecule has 1 aliphatic rings. The number of likely N-dealkylation sites (tertiary alicyclic amines) is 1. The molecule has 2 aromatic rings. The van der Waals surface area contributed by atoms with E-state index in [1.54, 1.807) is 6.20 Å². The molecule has 2 N–H and O–H groups in total. The zero-order valence-corrected chi connectivity index (χ0v) is 14.5. The van der Waals surface area contributed by atoms with E-state index in [9.17, 15) is 4.79 Å². The lowest BCUT2D eigenvalue weighted by atomic mass is 9.93. The molecule has 3 rings (SSSR count). The molecule has 0 saturated carbocycles. The van der Waals surface area contributed by atoms with E-state index in [0.717, 1.165) is 25.3 Å². The largest absolute Gasteiger partial charge is 0.371 e. The summed E-state index contributed by atoms with van der Waals surface area (Å²) >= 11 is 0. The average molecular weight is 350 g/mol. The van der Waals surface area contributed by atoms with Crippen molar-refractivity contribution < 1.29 is 9.53 Å². The van der Waals surface area contributed by atoms with E-state index in [0.29, 0.717) is 12.2 Å². The molecule has 0 aliphatic carbocycles. The number of nitrogens with two attached hydrogens (primary N) is 1. The number of hydrogen-bond donors (Lipinski definition) is 1. The van der Waals surface area contributed by atoms with Crippen molar-refractivity contribution in [3.63, 3.8) is 0 Å². The highest BCUT2D eigenvalue weighted by Gasteiger charge is 2.34. The number of benzene rings is 1. The van der Waals surface area contributed by atoms with Crippen LogP contribution in [0.15, 0.2) is 48.7 Å². The van der Waals surface area contributed by atoms with Crippen molar-refractivity contribution in [2.24, 2.45) is 11.7 Å². The summed E-state index contributed by atoms with van der Waals surface area (Å²) in [7, 11) is 0. The second-order valence-corrected chi connectivity index (χ2v) is 6.61. The van der Waals surface area contributed by atoms with E-state index in [1.807, 2.05) is 42.5 Å². The smallest absolute Gasteiger partial charge is 0.243 e. The van der Waals surface area contributed by atoms with Gasteiger partial charge in [-0.3, -0.25) is 14.7 Å². The standard InChI is InChI=1S/C20H22N4O2/c21-9-15-4-6-16(7-5-15)10-24-11-17(13-26-14-20(22)25)18(12-24)19-3-1-2-8-23-19/h1-8,17-18H,10-14H2,(H2,22,25). The van der Waals surface area contributed by atoms with E-state index >= 15 is 0 Å². The van der Waals surface area contributed by atoms with Gasteiger partial charge in [0.15, 0.2) is 0 Å². The zero-order valence-electron chi connectivity index (χ0n) is 14.5. The quantitative estimate of drug-likeness (QED) is 0.820. The van der Waals surface area contributed by atoms with Gasteiger partial charge in [-0.15, -0.1) is 0 Å². The molecule has 1 aromatic carbocycles. The van der Waals surface area contributed by atoms with Crippen molar-refractivity contribution in [1.82, 2.24) is 9.88 Å². The molecule has 2 unspecified atom stereocenters. The molecule has 2 atom stereocenters. The molecule has 1 aromatic heterocycles. The number of carbonyl (C=O) groups excluding carboxylic acids is 1. The Bertz CT molecular complexity index is 771. The Kier molecular flexibility index (Phi) is 5.95. The molecule has 1 aliphatic heterocycles. The molecule has 6 heteroatoms. The van der Waals surface area contributed by atoms with Crippen molar-refractivity contribution in [3.05, 3.63) is 65.5 Å². The molecule has 0 bridgehead atoms. The molecule has 134 valence electrons. The van der Waals surface area contributed by atoms with Crippen LogP contribution in [0.1, 0.15) is 22.7 Å². The van der Waals surface area contributed by atoms with E-state index in [4.69, 9.17) is 15.7 Å². The summed E-state index contributed by atoms with van der Waals surface area (Å²) in [5, 5.41) is 8.92. The van der Waals surface area contributed by atoms with Crippen molar-refractivity contribution in [2.75, 3.05) is 26.3 Å². The maximum absolute atomic E-state index is 10.9. The fraction of sp³-hybridized carbons (Fsp3) is 0.350. The predicted molar refractivity (Wildman–Crippen MR) is 96.9 cm³/mol. The second-order valence-electron chi connectivity index (χ2n) is 6.61. The normalized spacial score (nSPS) is 20.0. The van der Waals surface area contributed by atoms with Gasteiger partial charge in [0.2, 0.25) is 5.91 Å². The number of amides is 1. The molecule has 26 heavy (non-hydrogen) atoms. The SMILES string of the molecule is N#Cc1ccc(CN2CC(COCC(N)=O)C(c3ccccn3)C2)cc1. The summed E-state index contributed by atoms with van der Waals surface area (Å²) in [6, 6.07) is 15.7. The van der Waals surface area contributed by atoms with Gasteiger partial charge in [-0.2, -0.15) is 5.26 Å². The third-order valence-corrected chi connectivity index (χ3v) is 4.65.